The molecule has 0 N–H and O–H groups in total. The standard InChI is InChI=1S/C54H41NO/c1-53(2)44-22-11-6-20-42(44)52-45(53)23-15-26-49(52)55(48-25-13-8-17-37(48)35-29-31-41-40-19-9-14-27-50(40)56-51(41)33-35)47-24-12-7-16-36(47)34-28-30-39-38-18-5-10-21-43(38)54(3,4)46(39)32-34/h5-33H,1-4H3. The number of nitrogens with zero attached hydrogens (tertiary/aromatic N) is 1. The Labute approximate surface area is 328 Å². The smallest absolute Gasteiger partial charge is 0.136 e. The third-order valence-corrected chi connectivity index (χ3v) is 12.7. The predicted molar refractivity (Wildman–Crippen MR) is 234 cm³/mol. The van der Waals surface area contributed by atoms with Crippen LogP contribution >= 0.6 is 0 Å². The SMILES string of the molecule is CC1(C)c2ccccc2-c2ccc(-c3ccccc3N(c3ccccc3-c3ccc4c(c3)oc3ccccc34)c3cccc4c3-c3ccccc3C4(C)C)cc21. The van der Waals surface area contributed by atoms with E-state index in [0.29, 0.717) is 0 Å². The molecule has 268 valence electrons. The molecule has 0 radical (unpaired) electrons. The number of fused-ring (bicyclic) bond motifs is 9. The Morgan fingerprint density at radius 2 is 0.857 bits per heavy atom. The van der Waals surface area contributed by atoms with Crippen molar-refractivity contribution in [1.29, 1.82) is 0 Å². The molecule has 2 nitrogen and oxygen atoms in total. The third-order valence-electron chi connectivity index (χ3n) is 12.7. The van der Waals surface area contributed by atoms with Crippen LogP contribution in [0, 0.1) is 0 Å². The van der Waals surface area contributed by atoms with Crippen LogP contribution in [-0.4, -0.2) is 0 Å². The average molecular weight is 720 g/mol. The van der Waals surface area contributed by atoms with Crippen LogP contribution in [0.5, 0.6) is 0 Å². The van der Waals surface area contributed by atoms with Crippen molar-refractivity contribution in [2.75, 3.05) is 4.90 Å². The first kappa shape index (κ1) is 32.8. The van der Waals surface area contributed by atoms with Gasteiger partial charge < -0.3 is 9.32 Å². The summed E-state index contributed by atoms with van der Waals surface area (Å²) in [6.45, 7) is 9.45. The molecular formula is C54H41NO. The Morgan fingerprint density at radius 3 is 1.61 bits per heavy atom. The number of rotatable bonds is 5. The molecule has 0 saturated heterocycles. The zero-order valence-corrected chi connectivity index (χ0v) is 32.1. The van der Waals surface area contributed by atoms with Crippen molar-refractivity contribution in [3.63, 3.8) is 0 Å². The number of hydrogen-bond donors (Lipinski definition) is 0. The molecule has 0 aliphatic heterocycles. The quantitative estimate of drug-likeness (QED) is 0.176. The van der Waals surface area contributed by atoms with E-state index in [-0.39, 0.29) is 10.8 Å². The highest BCUT2D eigenvalue weighted by Gasteiger charge is 2.39. The summed E-state index contributed by atoms with van der Waals surface area (Å²) in [6, 6.07) is 64.7. The van der Waals surface area contributed by atoms with Gasteiger partial charge in [-0.3, -0.25) is 0 Å². The summed E-state index contributed by atoms with van der Waals surface area (Å²) in [4.78, 5) is 2.53. The summed E-state index contributed by atoms with van der Waals surface area (Å²) in [5.74, 6) is 0. The molecule has 1 heterocycles. The molecule has 2 aliphatic rings. The Bertz CT molecular complexity index is 3050. The second-order valence-corrected chi connectivity index (χ2v) is 16.5. The van der Waals surface area contributed by atoms with E-state index in [4.69, 9.17) is 4.42 Å². The maximum atomic E-state index is 6.45. The minimum absolute atomic E-state index is 0.103. The first-order chi connectivity index (χ1) is 27.3. The maximum absolute atomic E-state index is 6.45. The molecule has 0 unspecified atom stereocenters. The largest absolute Gasteiger partial charge is 0.456 e. The number of hydrogen-bond acceptors (Lipinski definition) is 2. The minimum atomic E-state index is -0.139. The lowest BCUT2D eigenvalue weighted by molar-refractivity contribution is 0.660. The van der Waals surface area contributed by atoms with Crippen molar-refractivity contribution in [3.05, 3.63) is 198 Å². The summed E-state index contributed by atoms with van der Waals surface area (Å²) in [5.41, 5.74) is 20.3. The topological polar surface area (TPSA) is 16.4 Å². The van der Waals surface area contributed by atoms with Gasteiger partial charge >= 0.3 is 0 Å². The van der Waals surface area contributed by atoms with Crippen LogP contribution in [0.4, 0.5) is 17.1 Å². The number of anilines is 3. The lowest BCUT2D eigenvalue weighted by atomic mass is 9.81. The van der Waals surface area contributed by atoms with Crippen molar-refractivity contribution in [2.45, 2.75) is 38.5 Å². The molecule has 0 spiro atoms. The van der Waals surface area contributed by atoms with E-state index in [0.717, 1.165) is 44.4 Å². The fourth-order valence-corrected chi connectivity index (χ4v) is 9.90. The van der Waals surface area contributed by atoms with Crippen LogP contribution < -0.4 is 4.90 Å². The predicted octanol–water partition coefficient (Wildman–Crippen LogP) is 15.0. The first-order valence-electron chi connectivity index (χ1n) is 19.7. The van der Waals surface area contributed by atoms with E-state index in [1.54, 1.807) is 0 Å². The second kappa shape index (κ2) is 11.9. The summed E-state index contributed by atoms with van der Waals surface area (Å²) in [5, 5.41) is 2.27. The van der Waals surface area contributed by atoms with Gasteiger partial charge in [0.25, 0.3) is 0 Å². The number of para-hydroxylation sites is 3. The fraction of sp³-hybridized carbons (Fsp3) is 0.111. The van der Waals surface area contributed by atoms with E-state index in [9.17, 15) is 0 Å². The minimum Gasteiger partial charge on any atom is -0.456 e. The van der Waals surface area contributed by atoms with E-state index in [2.05, 4.69) is 202 Å². The molecule has 0 amide bonds. The number of furan rings is 1. The van der Waals surface area contributed by atoms with E-state index in [1.807, 2.05) is 6.07 Å². The van der Waals surface area contributed by atoms with Crippen LogP contribution in [0.3, 0.4) is 0 Å². The highest BCUT2D eigenvalue weighted by Crippen LogP contribution is 2.56. The Morgan fingerprint density at radius 1 is 0.357 bits per heavy atom. The molecule has 8 aromatic carbocycles. The highest BCUT2D eigenvalue weighted by atomic mass is 16.3. The van der Waals surface area contributed by atoms with Crippen LogP contribution in [0.25, 0.3) is 66.4 Å². The maximum Gasteiger partial charge on any atom is 0.136 e. The molecule has 0 saturated carbocycles. The Kier molecular flexibility index (Phi) is 6.98. The van der Waals surface area contributed by atoms with E-state index >= 15 is 0 Å². The van der Waals surface area contributed by atoms with Gasteiger partial charge in [-0.25, -0.2) is 0 Å². The summed E-state index contributed by atoms with van der Waals surface area (Å²) in [7, 11) is 0. The van der Waals surface area contributed by atoms with Gasteiger partial charge in [0.15, 0.2) is 0 Å². The monoisotopic (exact) mass is 719 g/mol. The van der Waals surface area contributed by atoms with Gasteiger partial charge in [0.05, 0.1) is 17.1 Å². The van der Waals surface area contributed by atoms with Crippen molar-refractivity contribution >= 4 is 39.0 Å². The van der Waals surface area contributed by atoms with Crippen molar-refractivity contribution in [1.82, 2.24) is 0 Å². The zero-order valence-electron chi connectivity index (χ0n) is 32.1. The van der Waals surface area contributed by atoms with Gasteiger partial charge in [-0.15, -0.1) is 0 Å². The van der Waals surface area contributed by atoms with Crippen molar-refractivity contribution in [3.8, 4) is 44.5 Å². The summed E-state index contributed by atoms with van der Waals surface area (Å²) >= 11 is 0. The van der Waals surface area contributed by atoms with Crippen LogP contribution in [0.15, 0.2) is 180 Å². The van der Waals surface area contributed by atoms with Crippen molar-refractivity contribution in [2.24, 2.45) is 0 Å². The molecule has 2 aliphatic carbocycles. The van der Waals surface area contributed by atoms with Crippen LogP contribution in [0.2, 0.25) is 0 Å². The van der Waals surface area contributed by atoms with Gasteiger partial charge in [-0.2, -0.15) is 0 Å². The zero-order chi connectivity index (χ0) is 37.8. The van der Waals surface area contributed by atoms with Gasteiger partial charge in [0.2, 0.25) is 0 Å². The molecule has 0 fully saturated rings. The lowest BCUT2D eigenvalue weighted by Crippen LogP contribution is -2.17. The van der Waals surface area contributed by atoms with Crippen LogP contribution in [0.1, 0.15) is 49.9 Å². The molecule has 56 heavy (non-hydrogen) atoms. The van der Waals surface area contributed by atoms with Gasteiger partial charge in [0, 0.05) is 38.3 Å². The summed E-state index contributed by atoms with van der Waals surface area (Å²) in [6.07, 6.45) is 0. The third kappa shape index (κ3) is 4.62. The summed E-state index contributed by atoms with van der Waals surface area (Å²) < 4.78 is 6.45. The normalized spacial score (nSPS) is 14.4. The fourth-order valence-electron chi connectivity index (χ4n) is 9.90. The highest BCUT2D eigenvalue weighted by molar-refractivity contribution is 6.07. The van der Waals surface area contributed by atoms with Crippen LogP contribution in [-0.2, 0) is 10.8 Å². The van der Waals surface area contributed by atoms with Gasteiger partial charge in [0.1, 0.15) is 11.2 Å². The van der Waals surface area contributed by atoms with Gasteiger partial charge in [-0.05, 0) is 92.5 Å². The van der Waals surface area contributed by atoms with E-state index < -0.39 is 0 Å². The molecule has 2 heteroatoms. The first-order valence-corrected chi connectivity index (χ1v) is 19.7. The molecule has 0 bridgehead atoms. The Balaban J connectivity index is 1.17. The average Bonchev–Trinajstić information content (AvgIpc) is 3.81. The molecule has 1 aromatic heterocycles. The lowest BCUT2D eigenvalue weighted by Gasteiger charge is -2.32. The van der Waals surface area contributed by atoms with E-state index in [1.165, 1.54) is 61.3 Å². The molecule has 11 rings (SSSR count). The molecule has 0 atom stereocenters. The molecular weight excluding hydrogens is 679 g/mol. The van der Waals surface area contributed by atoms with Crippen molar-refractivity contribution < 1.29 is 4.42 Å². The Hall–Kier alpha value is -6.64. The van der Waals surface area contributed by atoms with Gasteiger partial charge in [-0.1, -0.05) is 161 Å². The second-order valence-electron chi connectivity index (χ2n) is 16.5. The number of benzene rings is 8. The molecule has 9 aromatic rings.